The molecular formula is C20H20F2O5. The van der Waals surface area contributed by atoms with Gasteiger partial charge in [0.1, 0.15) is 41.5 Å². The first-order valence-electron chi connectivity index (χ1n) is 8.31. The summed E-state index contributed by atoms with van der Waals surface area (Å²) in [4.78, 5) is 0. The van der Waals surface area contributed by atoms with Crippen LogP contribution in [-0.2, 0) is 11.2 Å². The largest absolute Gasteiger partial charge is 0.497 e. The van der Waals surface area contributed by atoms with Crippen molar-refractivity contribution in [2.75, 3.05) is 7.11 Å². The second-order valence-electron chi connectivity index (χ2n) is 6.46. The predicted octanol–water partition coefficient (Wildman–Crippen LogP) is 2.23. The van der Waals surface area contributed by atoms with Crippen LogP contribution in [0.3, 0.4) is 0 Å². The van der Waals surface area contributed by atoms with Gasteiger partial charge in [0, 0.05) is 12.5 Å². The van der Waals surface area contributed by atoms with Crippen molar-refractivity contribution in [2.45, 2.75) is 30.8 Å². The molecule has 2 aromatic rings. The van der Waals surface area contributed by atoms with E-state index >= 15 is 0 Å². The van der Waals surface area contributed by atoms with Gasteiger partial charge in [-0.15, -0.1) is 0 Å². The number of hydrogen-bond donors (Lipinski definition) is 3. The van der Waals surface area contributed by atoms with E-state index < -0.39 is 36.1 Å². The smallest absolute Gasteiger partial charge is 0.152 e. The van der Waals surface area contributed by atoms with Crippen molar-refractivity contribution in [1.29, 1.82) is 0 Å². The molecular weight excluding hydrogens is 358 g/mol. The first-order chi connectivity index (χ1) is 12.8. The molecule has 0 bridgehead atoms. The SMILES string of the molecule is C=C1O[C@@H](c2cc(F)cc(Cc3ccc(OC)cc3F)c2)[C@H](O)[C@@H](O)[C@@H]1O. The molecule has 0 radical (unpaired) electrons. The highest BCUT2D eigenvalue weighted by Gasteiger charge is 2.41. The van der Waals surface area contributed by atoms with Crippen LogP contribution in [0.5, 0.6) is 5.75 Å². The van der Waals surface area contributed by atoms with Crippen LogP contribution in [0.25, 0.3) is 0 Å². The summed E-state index contributed by atoms with van der Waals surface area (Å²) in [5.41, 5.74) is 1.05. The van der Waals surface area contributed by atoms with Gasteiger partial charge < -0.3 is 24.8 Å². The first-order valence-corrected chi connectivity index (χ1v) is 8.31. The molecule has 0 aliphatic carbocycles. The summed E-state index contributed by atoms with van der Waals surface area (Å²) in [7, 11) is 1.43. The van der Waals surface area contributed by atoms with Crippen LogP contribution in [0, 0.1) is 11.6 Å². The van der Waals surface area contributed by atoms with E-state index in [1.54, 1.807) is 18.2 Å². The van der Waals surface area contributed by atoms with Crippen molar-refractivity contribution in [3.8, 4) is 5.75 Å². The van der Waals surface area contributed by atoms with Crippen LogP contribution >= 0.6 is 0 Å². The van der Waals surface area contributed by atoms with Gasteiger partial charge in [-0.2, -0.15) is 0 Å². The molecule has 3 N–H and O–H groups in total. The third kappa shape index (κ3) is 3.95. The van der Waals surface area contributed by atoms with Gasteiger partial charge in [-0.05, 0) is 34.9 Å². The lowest BCUT2D eigenvalue weighted by atomic mass is 9.91. The van der Waals surface area contributed by atoms with E-state index in [1.165, 1.54) is 19.2 Å². The molecule has 27 heavy (non-hydrogen) atoms. The van der Waals surface area contributed by atoms with Gasteiger partial charge in [-0.25, -0.2) is 8.78 Å². The number of benzene rings is 2. The topological polar surface area (TPSA) is 79.2 Å². The molecule has 4 atom stereocenters. The third-order valence-electron chi connectivity index (χ3n) is 4.56. The highest BCUT2D eigenvalue weighted by molar-refractivity contribution is 5.35. The second kappa shape index (κ2) is 7.64. The van der Waals surface area contributed by atoms with Crippen LogP contribution in [0.4, 0.5) is 8.78 Å². The molecule has 0 aromatic heterocycles. The number of halogens is 2. The minimum absolute atomic E-state index is 0.107. The van der Waals surface area contributed by atoms with E-state index in [9.17, 15) is 24.1 Å². The maximum absolute atomic E-state index is 14.2. The number of aliphatic hydroxyl groups excluding tert-OH is 3. The normalized spacial score (nSPS) is 25.2. The molecule has 3 rings (SSSR count). The quantitative estimate of drug-likeness (QED) is 0.761. The highest BCUT2D eigenvalue weighted by Crippen LogP contribution is 2.34. The Hall–Kier alpha value is -2.48. The fourth-order valence-electron chi connectivity index (χ4n) is 3.08. The van der Waals surface area contributed by atoms with Crippen molar-refractivity contribution in [2.24, 2.45) is 0 Å². The van der Waals surface area contributed by atoms with Gasteiger partial charge >= 0.3 is 0 Å². The number of aliphatic hydroxyl groups is 3. The fraction of sp³-hybridized carbons (Fsp3) is 0.300. The summed E-state index contributed by atoms with van der Waals surface area (Å²) in [6, 6.07) is 8.35. The minimum Gasteiger partial charge on any atom is -0.497 e. The van der Waals surface area contributed by atoms with E-state index in [4.69, 9.17) is 9.47 Å². The van der Waals surface area contributed by atoms with Crippen molar-refractivity contribution in [3.05, 3.63) is 77.1 Å². The van der Waals surface area contributed by atoms with Gasteiger partial charge in [-0.1, -0.05) is 18.7 Å². The van der Waals surface area contributed by atoms with Gasteiger partial charge in [0.25, 0.3) is 0 Å². The van der Waals surface area contributed by atoms with Gasteiger partial charge in [0.05, 0.1) is 7.11 Å². The molecule has 2 aromatic carbocycles. The Bertz CT molecular complexity index is 854. The molecule has 0 amide bonds. The lowest BCUT2D eigenvalue weighted by Gasteiger charge is -2.37. The zero-order valence-electron chi connectivity index (χ0n) is 14.6. The zero-order valence-corrected chi connectivity index (χ0v) is 14.6. The molecule has 0 spiro atoms. The van der Waals surface area contributed by atoms with Crippen LogP contribution in [0.15, 0.2) is 48.7 Å². The maximum Gasteiger partial charge on any atom is 0.152 e. The minimum atomic E-state index is -1.51. The Kier molecular flexibility index (Phi) is 5.46. The monoisotopic (exact) mass is 378 g/mol. The number of methoxy groups -OCH3 is 1. The number of rotatable bonds is 4. The standard InChI is InChI=1S/C20H20F2O5/c1-10-17(23)18(24)19(25)20(27-10)13-6-11(7-14(21)8-13)5-12-3-4-15(26-2)9-16(12)22/h3-4,6-9,17-20,23-25H,1,5H2,2H3/t17-,18+,19-,20+/m1/s1. The van der Waals surface area contributed by atoms with E-state index in [2.05, 4.69) is 6.58 Å². The van der Waals surface area contributed by atoms with E-state index in [1.807, 2.05) is 0 Å². The molecule has 1 saturated heterocycles. The number of hydrogen-bond acceptors (Lipinski definition) is 5. The lowest BCUT2D eigenvalue weighted by molar-refractivity contribution is -0.157. The lowest BCUT2D eigenvalue weighted by Crippen LogP contribution is -2.47. The van der Waals surface area contributed by atoms with Crippen LogP contribution in [0.1, 0.15) is 22.8 Å². The average molecular weight is 378 g/mol. The fourth-order valence-corrected chi connectivity index (χ4v) is 3.08. The molecule has 1 aliphatic heterocycles. The average Bonchev–Trinajstić information content (AvgIpc) is 2.64. The van der Waals surface area contributed by atoms with Crippen LogP contribution in [0.2, 0.25) is 0 Å². The summed E-state index contributed by atoms with van der Waals surface area (Å²) in [5.74, 6) is -0.828. The molecule has 5 nitrogen and oxygen atoms in total. The van der Waals surface area contributed by atoms with Gasteiger partial charge in [0.2, 0.25) is 0 Å². The molecule has 0 saturated carbocycles. The Balaban J connectivity index is 1.90. The summed E-state index contributed by atoms with van der Waals surface area (Å²) < 4.78 is 38.6. The molecule has 1 heterocycles. The third-order valence-corrected chi connectivity index (χ3v) is 4.56. The van der Waals surface area contributed by atoms with Crippen molar-refractivity contribution in [1.82, 2.24) is 0 Å². The van der Waals surface area contributed by atoms with E-state index in [0.717, 1.165) is 6.07 Å². The Morgan fingerprint density at radius 2 is 1.81 bits per heavy atom. The van der Waals surface area contributed by atoms with Gasteiger partial charge in [0.15, 0.2) is 6.10 Å². The molecule has 1 aliphatic rings. The van der Waals surface area contributed by atoms with Crippen molar-refractivity contribution < 1.29 is 33.6 Å². The molecule has 0 unspecified atom stereocenters. The van der Waals surface area contributed by atoms with Crippen LogP contribution < -0.4 is 4.74 Å². The maximum atomic E-state index is 14.2. The second-order valence-corrected chi connectivity index (χ2v) is 6.46. The summed E-state index contributed by atoms with van der Waals surface area (Å²) in [6.45, 7) is 3.50. The Labute approximate surface area is 155 Å². The van der Waals surface area contributed by atoms with Crippen molar-refractivity contribution in [3.63, 3.8) is 0 Å². The Morgan fingerprint density at radius 3 is 2.48 bits per heavy atom. The zero-order chi connectivity index (χ0) is 19.7. The molecule has 7 heteroatoms. The summed E-state index contributed by atoms with van der Waals surface area (Å²) in [6.07, 6.45) is -5.42. The van der Waals surface area contributed by atoms with E-state index in [-0.39, 0.29) is 17.7 Å². The van der Waals surface area contributed by atoms with Gasteiger partial charge in [-0.3, -0.25) is 0 Å². The Morgan fingerprint density at radius 1 is 1.07 bits per heavy atom. The first kappa shape index (κ1) is 19.3. The summed E-state index contributed by atoms with van der Waals surface area (Å²) in [5, 5.41) is 29.8. The summed E-state index contributed by atoms with van der Waals surface area (Å²) >= 11 is 0. The molecule has 1 fully saturated rings. The van der Waals surface area contributed by atoms with E-state index in [0.29, 0.717) is 16.9 Å². The van der Waals surface area contributed by atoms with Crippen LogP contribution in [-0.4, -0.2) is 40.7 Å². The predicted molar refractivity (Wildman–Crippen MR) is 93.1 cm³/mol. The highest BCUT2D eigenvalue weighted by atomic mass is 19.1. The number of ether oxygens (including phenoxy) is 2. The van der Waals surface area contributed by atoms with Crippen molar-refractivity contribution >= 4 is 0 Å². The molecule has 144 valence electrons.